The Morgan fingerprint density at radius 3 is 2.95 bits per heavy atom. The topological polar surface area (TPSA) is 50.7 Å². The zero-order valence-corrected chi connectivity index (χ0v) is 12.6. The second kappa shape index (κ2) is 5.51. The number of hydrazone groups is 1. The third-order valence-electron chi connectivity index (χ3n) is 5.13. The molecular weight excluding hydrogens is 264 g/mol. The van der Waals surface area contributed by atoms with E-state index in [1.807, 2.05) is 24.3 Å². The smallest absolute Gasteiger partial charge is 0.244 e. The fraction of sp³-hybridized carbons (Fsp3) is 0.529. The molecule has 4 nitrogen and oxygen atoms in total. The van der Waals surface area contributed by atoms with Crippen LogP contribution in [0, 0.1) is 17.3 Å². The van der Waals surface area contributed by atoms with E-state index in [1.54, 1.807) is 13.3 Å². The molecule has 2 saturated carbocycles. The second-order valence-corrected chi connectivity index (χ2v) is 6.31. The zero-order chi connectivity index (χ0) is 14.9. The molecule has 0 aliphatic heterocycles. The predicted molar refractivity (Wildman–Crippen MR) is 82.3 cm³/mol. The van der Waals surface area contributed by atoms with Crippen LogP contribution in [0.2, 0.25) is 0 Å². The highest BCUT2D eigenvalue weighted by Crippen LogP contribution is 2.66. The van der Waals surface area contributed by atoms with Crippen molar-refractivity contribution in [1.29, 1.82) is 0 Å². The Morgan fingerprint density at radius 2 is 2.24 bits per heavy atom. The van der Waals surface area contributed by atoms with Crippen molar-refractivity contribution in [2.45, 2.75) is 32.6 Å². The molecular formula is C17H22N2O2. The first-order valence-corrected chi connectivity index (χ1v) is 7.63. The summed E-state index contributed by atoms with van der Waals surface area (Å²) in [5, 5.41) is 4.10. The number of hydrogen-bond donors (Lipinski definition) is 1. The second-order valence-electron chi connectivity index (χ2n) is 6.31. The number of methoxy groups -OCH3 is 1. The number of benzene rings is 1. The van der Waals surface area contributed by atoms with Gasteiger partial charge in [-0.2, -0.15) is 5.10 Å². The number of hydrogen-bond acceptors (Lipinski definition) is 3. The molecule has 3 atom stereocenters. The standard InChI is InChI=1S/C17H22N2O2/c1-17-10-6-5-8-13(17)15(17)16(20)19-18-11-12-7-3-4-9-14(12)21-2/h3-4,7,9,11,13,15H,5-6,8,10H2,1-2H3,(H,19,20)/b18-11-/t13-,15+,17+/m1/s1. The molecule has 21 heavy (non-hydrogen) atoms. The lowest BCUT2D eigenvalue weighted by Gasteiger charge is -2.15. The van der Waals surface area contributed by atoms with Gasteiger partial charge in [-0.1, -0.05) is 31.9 Å². The van der Waals surface area contributed by atoms with Crippen LogP contribution in [-0.4, -0.2) is 19.2 Å². The first kappa shape index (κ1) is 14.1. The lowest BCUT2D eigenvalue weighted by atomic mass is 9.90. The van der Waals surface area contributed by atoms with E-state index in [1.165, 1.54) is 25.7 Å². The normalized spacial score (nSPS) is 30.8. The van der Waals surface area contributed by atoms with Crippen molar-refractivity contribution >= 4 is 12.1 Å². The molecule has 0 radical (unpaired) electrons. The number of nitrogens with zero attached hydrogens (tertiary/aromatic N) is 1. The summed E-state index contributed by atoms with van der Waals surface area (Å²) in [7, 11) is 1.63. The van der Waals surface area contributed by atoms with Crippen LogP contribution in [0.4, 0.5) is 0 Å². The summed E-state index contributed by atoms with van der Waals surface area (Å²) in [4.78, 5) is 12.3. The van der Waals surface area contributed by atoms with E-state index in [-0.39, 0.29) is 17.2 Å². The lowest BCUT2D eigenvalue weighted by Crippen LogP contribution is -2.22. The van der Waals surface area contributed by atoms with Gasteiger partial charge >= 0.3 is 0 Å². The summed E-state index contributed by atoms with van der Waals surface area (Å²) >= 11 is 0. The van der Waals surface area contributed by atoms with Gasteiger partial charge in [-0.25, -0.2) is 5.43 Å². The van der Waals surface area contributed by atoms with Gasteiger partial charge in [-0.3, -0.25) is 4.79 Å². The molecule has 0 bridgehead atoms. The van der Waals surface area contributed by atoms with Crippen molar-refractivity contribution in [3.05, 3.63) is 29.8 Å². The molecule has 0 heterocycles. The van der Waals surface area contributed by atoms with Gasteiger partial charge < -0.3 is 4.74 Å². The fourth-order valence-corrected chi connectivity index (χ4v) is 3.86. The summed E-state index contributed by atoms with van der Waals surface area (Å²) in [6, 6.07) is 7.61. The van der Waals surface area contributed by atoms with Crippen LogP contribution in [0.15, 0.2) is 29.4 Å². The highest BCUT2D eigenvalue weighted by molar-refractivity contribution is 5.87. The number of carbonyl (C=O) groups is 1. The van der Waals surface area contributed by atoms with Crippen LogP contribution < -0.4 is 10.2 Å². The fourth-order valence-electron chi connectivity index (χ4n) is 3.86. The number of amides is 1. The number of nitrogens with one attached hydrogen (secondary N) is 1. The van der Waals surface area contributed by atoms with Crippen LogP contribution in [0.5, 0.6) is 5.75 Å². The van der Waals surface area contributed by atoms with Gasteiger partial charge in [0, 0.05) is 11.5 Å². The molecule has 0 spiro atoms. The van der Waals surface area contributed by atoms with Crippen LogP contribution in [0.1, 0.15) is 38.2 Å². The number of ether oxygens (including phenoxy) is 1. The van der Waals surface area contributed by atoms with Gasteiger partial charge in [-0.05, 0) is 36.3 Å². The highest BCUT2D eigenvalue weighted by atomic mass is 16.5. The van der Waals surface area contributed by atoms with Gasteiger partial charge in [0.25, 0.3) is 0 Å². The van der Waals surface area contributed by atoms with Crippen LogP contribution in [0.25, 0.3) is 0 Å². The summed E-state index contributed by atoms with van der Waals surface area (Å²) in [6.45, 7) is 2.24. The molecule has 2 aliphatic rings. The summed E-state index contributed by atoms with van der Waals surface area (Å²) in [5.41, 5.74) is 3.79. The molecule has 1 aromatic rings. The largest absolute Gasteiger partial charge is 0.496 e. The Hall–Kier alpha value is -1.84. The van der Waals surface area contributed by atoms with Crippen molar-refractivity contribution in [1.82, 2.24) is 5.43 Å². The Bertz CT molecular complexity index is 570. The monoisotopic (exact) mass is 286 g/mol. The third kappa shape index (κ3) is 2.55. The first-order valence-electron chi connectivity index (χ1n) is 7.63. The van der Waals surface area contributed by atoms with Crippen LogP contribution in [-0.2, 0) is 4.79 Å². The van der Waals surface area contributed by atoms with Crippen molar-refractivity contribution < 1.29 is 9.53 Å². The molecule has 0 aromatic heterocycles. The maximum atomic E-state index is 12.3. The van der Waals surface area contributed by atoms with E-state index < -0.39 is 0 Å². The average molecular weight is 286 g/mol. The quantitative estimate of drug-likeness (QED) is 0.683. The SMILES string of the molecule is COc1ccccc1/C=N\NC(=O)[C@@H]1[C@H]2CCCC[C@@]21C. The Kier molecular flexibility index (Phi) is 3.70. The maximum absolute atomic E-state index is 12.3. The van der Waals surface area contributed by atoms with Crippen molar-refractivity contribution in [3.63, 3.8) is 0 Å². The molecule has 1 N–H and O–H groups in total. The molecule has 3 rings (SSSR count). The van der Waals surface area contributed by atoms with E-state index in [9.17, 15) is 4.79 Å². The summed E-state index contributed by atoms with van der Waals surface area (Å²) in [5.74, 6) is 1.53. The molecule has 2 aliphatic carbocycles. The molecule has 4 heteroatoms. The van der Waals surface area contributed by atoms with Gasteiger partial charge in [0.15, 0.2) is 0 Å². The van der Waals surface area contributed by atoms with Gasteiger partial charge in [-0.15, -0.1) is 0 Å². The third-order valence-corrected chi connectivity index (χ3v) is 5.13. The maximum Gasteiger partial charge on any atom is 0.244 e. The minimum Gasteiger partial charge on any atom is -0.496 e. The summed E-state index contributed by atoms with van der Waals surface area (Å²) in [6.07, 6.45) is 6.51. The van der Waals surface area contributed by atoms with E-state index >= 15 is 0 Å². The number of fused-ring (bicyclic) bond motifs is 1. The minimum atomic E-state index is 0.0653. The highest BCUT2D eigenvalue weighted by Gasteiger charge is 2.64. The van der Waals surface area contributed by atoms with E-state index in [4.69, 9.17) is 4.74 Å². The van der Waals surface area contributed by atoms with Gasteiger partial charge in [0.1, 0.15) is 5.75 Å². The van der Waals surface area contributed by atoms with E-state index in [0.717, 1.165) is 11.3 Å². The number of para-hydroxylation sites is 1. The van der Waals surface area contributed by atoms with Crippen molar-refractivity contribution in [2.75, 3.05) is 7.11 Å². The predicted octanol–water partition coefficient (Wildman–Crippen LogP) is 2.97. The Morgan fingerprint density at radius 1 is 1.43 bits per heavy atom. The molecule has 1 aromatic carbocycles. The summed E-state index contributed by atoms with van der Waals surface area (Å²) < 4.78 is 5.25. The zero-order valence-electron chi connectivity index (χ0n) is 12.6. The van der Waals surface area contributed by atoms with Crippen molar-refractivity contribution in [3.8, 4) is 5.75 Å². The molecule has 2 fully saturated rings. The Balaban J connectivity index is 1.60. The molecule has 1 amide bonds. The van der Waals surface area contributed by atoms with Gasteiger partial charge in [0.05, 0.1) is 13.3 Å². The molecule has 0 saturated heterocycles. The molecule has 0 unspecified atom stereocenters. The Labute approximate surface area is 125 Å². The van der Waals surface area contributed by atoms with Gasteiger partial charge in [0.2, 0.25) is 5.91 Å². The van der Waals surface area contributed by atoms with E-state index in [0.29, 0.717) is 5.92 Å². The lowest BCUT2D eigenvalue weighted by molar-refractivity contribution is -0.123. The van der Waals surface area contributed by atoms with Crippen LogP contribution in [0.3, 0.4) is 0 Å². The van der Waals surface area contributed by atoms with E-state index in [2.05, 4.69) is 17.5 Å². The molecule has 112 valence electrons. The first-order chi connectivity index (χ1) is 10.2. The average Bonchev–Trinajstić information content (AvgIpc) is 3.13. The van der Waals surface area contributed by atoms with Crippen molar-refractivity contribution in [2.24, 2.45) is 22.4 Å². The number of carbonyl (C=O) groups excluding carboxylic acids is 1. The number of rotatable bonds is 4. The minimum absolute atomic E-state index is 0.0653. The van der Waals surface area contributed by atoms with Crippen LogP contribution >= 0.6 is 0 Å².